The monoisotopic (exact) mass is 707 g/mol. The molecule has 3 N–H and O–H groups in total. The lowest BCUT2D eigenvalue weighted by atomic mass is 9.73. The first-order chi connectivity index (χ1) is 23.9. The van der Waals surface area contributed by atoms with Gasteiger partial charge in [0.1, 0.15) is 22.7 Å². The highest BCUT2D eigenvalue weighted by molar-refractivity contribution is 7.92. The van der Waals surface area contributed by atoms with Gasteiger partial charge >= 0.3 is 6.61 Å². The van der Waals surface area contributed by atoms with Crippen molar-refractivity contribution < 1.29 is 40.3 Å². The maximum absolute atomic E-state index is 13.8. The number of sulfonamides is 1. The molecule has 0 saturated heterocycles. The maximum Gasteiger partial charge on any atom is 0.345 e. The van der Waals surface area contributed by atoms with Crippen molar-refractivity contribution in [1.29, 1.82) is 0 Å². The summed E-state index contributed by atoms with van der Waals surface area (Å²) < 4.78 is 79.1. The van der Waals surface area contributed by atoms with Crippen LogP contribution in [0.5, 0.6) is 0 Å². The number of ether oxygens (including phenoxy) is 1. The van der Waals surface area contributed by atoms with Crippen LogP contribution in [0.1, 0.15) is 52.7 Å². The van der Waals surface area contributed by atoms with E-state index in [9.17, 15) is 31.2 Å². The lowest BCUT2D eigenvalue weighted by Gasteiger charge is -2.46. The van der Waals surface area contributed by atoms with Gasteiger partial charge in [0.05, 0.1) is 23.1 Å². The number of carbonyl (C=O) groups excluding carboxylic acids is 2. The van der Waals surface area contributed by atoms with E-state index in [1.54, 1.807) is 43.3 Å². The van der Waals surface area contributed by atoms with E-state index in [1.807, 2.05) is 0 Å². The van der Waals surface area contributed by atoms with Crippen molar-refractivity contribution in [2.24, 2.45) is 0 Å². The smallest absolute Gasteiger partial charge is 0.345 e. The topological polar surface area (TPSA) is 153 Å². The molecule has 260 valence electrons. The van der Waals surface area contributed by atoms with E-state index in [-0.39, 0.29) is 52.6 Å². The first-order valence-corrected chi connectivity index (χ1v) is 17.3. The van der Waals surface area contributed by atoms with Crippen LogP contribution in [-0.4, -0.2) is 55.7 Å². The van der Waals surface area contributed by atoms with Crippen molar-refractivity contribution in [2.45, 2.75) is 44.4 Å². The van der Waals surface area contributed by atoms with E-state index in [4.69, 9.17) is 4.42 Å². The summed E-state index contributed by atoms with van der Waals surface area (Å²) in [6, 6.07) is 16.4. The molecule has 0 spiro atoms. The Morgan fingerprint density at radius 1 is 1.00 bits per heavy atom. The molecule has 11 nitrogen and oxygen atoms in total. The minimum Gasteiger partial charge on any atom is -0.455 e. The summed E-state index contributed by atoms with van der Waals surface area (Å²) >= 11 is 0. The van der Waals surface area contributed by atoms with Crippen LogP contribution in [0.2, 0.25) is 0 Å². The molecular weight excluding hydrogens is 675 g/mol. The summed E-state index contributed by atoms with van der Waals surface area (Å²) in [5, 5.41) is 5.84. The van der Waals surface area contributed by atoms with Gasteiger partial charge < -0.3 is 19.8 Å². The molecule has 1 saturated carbocycles. The largest absolute Gasteiger partial charge is 0.455 e. The van der Waals surface area contributed by atoms with Gasteiger partial charge in [0.25, 0.3) is 11.8 Å². The number of hydrogen-bond acceptors (Lipinski definition) is 8. The zero-order valence-corrected chi connectivity index (χ0v) is 27.7. The minimum atomic E-state index is -3.83. The number of nitrogens with one attached hydrogen (secondary N) is 3. The second-order valence-electron chi connectivity index (χ2n) is 11.8. The molecule has 3 aromatic carbocycles. The number of hydrogen-bond donors (Lipinski definition) is 3. The minimum absolute atomic E-state index is 0.0198. The van der Waals surface area contributed by atoms with Crippen molar-refractivity contribution in [3.05, 3.63) is 102 Å². The van der Waals surface area contributed by atoms with E-state index in [2.05, 4.69) is 30.1 Å². The summed E-state index contributed by atoms with van der Waals surface area (Å²) in [6.07, 6.45) is 2.53. The van der Waals surface area contributed by atoms with Crippen LogP contribution in [0.3, 0.4) is 0 Å². The number of aromatic nitrogens is 2. The van der Waals surface area contributed by atoms with Crippen LogP contribution in [0, 0.1) is 5.82 Å². The molecular formula is C35H32F3N5O6S. The average molecular weight is 708 g/mol. The quantitative estimate of drug-likeness (QED) is 0.138. The van der Waals surface area contributed by atoms with Crippen molar-refractivity contribution in [2.75, 3.05) is 17.5 Å². The summed E-state index contributed by atoms with van der Waals surface area (Å²) in [6.45, 7) is -1.26. The average Bonchev–Trinajstić information content (AvgIpc) is 3.45. The predicted octanol–water partition coefficient (Wildman–Crippen LogP) is 6.23. The Morgan fingerprint density at radius 2 is 1.72 bits per heavy atom. The summed E-state index contributed by atoms with van der Waals surface area (Å²) in [5.41, 5.74) is 0.632. The third kappa shape index (κ3) is 7.05. The van der Waals surface area contributed by atoms with Crippen molar-refractivity contribution in [3.8, 4) is 22.5 Å². The number of halogens is 3. The van der Waals surface area contributed by atoms with Gasteiger partial charge in [-0.3, -0.25) is 14.3 Å². The molecule has 0 radical (unpaired) electrons. The van der Waals surface area contributed by atoms with Crippen molar-refractivity contribution in [3.63, 3.8) is 0 Å². The summed E-state index contributed by atoms with van der Waals surface area (Å²) in [7, 11) is -2.38. The van der Waals surface area contributed by atoms with Gasteiger partial charge in [0.2, 0.25) is 10.0 Å². The fourth-order valence-corrected chi connectivity index (χ4v) is 7.22. The normalized spacial score (nSPS) is 17.4. The molecule has 1 aliphatic carbocycles. The SMILES string of the molecule is CCCS(=O)(=O)Nc1cc2oc(-c3ccc(F)cc3)c(C(=O)NC)c2cc1-c1cccc(C(=O)NC2(c3ncccn3)CC(OC(F)F)C2)c1. The number of amides is 2. The third-order valence-electron chi connectivity index (χ3n) is 8.36. The lowest BCUT2D eigenvalue weighted by molar-refractivity contribution is -0.198. The van der Waals surface area contributed by atoms with E-state index in [0.717, 1.165) is 0 Å². The van der Waals surface area contributed by atoms with Crippen LogP contribution >= 0.6 is 0 Å². The summed E-state index contributed by atoms with van der Waals surface area (Å²) in [4.78, 5) is 35.5. The molecule has 0 unspecified atom stereocenters. The number of rotatable bonds is 12. The van der Waals surface area contributed by atoms with E-state index >= 15 is 0 Å². The number of fused-ring (bicyclic) bond motifs is 1. The molecule has 1 aliphatic rings. The Bertz CT molecular complexity index is 2160. The lowest BCUT2D eigenvalue weighted by Crippen LogP contribution is -2.58. The highest BCUT2D eigenvalue weighted by Gasteiger charge is 2.50. The Morgan fingerprint density at radius 3 is 2.38 bits per heavy atom. The molecule has 5 aromatic rings. The molecule has 50 heavy (non-hydrogen) atoms. The fourth-order valence-electron chi connectivity index (χ4n) is 6.07. The third-order valence-corrected chi connectivity index (χ3v) is 9.83. The number of alkyl halides is 2. The van der Waals surface area contributed by atoms with Gasteiger partial charge in [-0.15, -0.1) is 0 Å². The maximum atomic E-state index is 13.8. The van der Waals surface area contributed by atoms with Crippen LogP contribution in [0.4, 0.5) is 18.9 Å². The van der Waals surface area contributed by atoms with Gasteiger partial charge in [-0.25, -0.2) is 22.8 Å². The van der Waals surface area contributed by atoms with E-state index < -0.39 is 45.9 Å². The van der Waals surface area contributed by atoms with Gasteiger partial charge in [-0.1, -0.05) is 19.1 Å². The Hall–Kier alpha value is -5.28. The number of nitrogens with zero attached hydrogens (tertiary/aromatic N) is 2. The molecule has 0 aliphatic heterocycles. The zero-order chi connectivity index (χ0) is 35.6. The van der Waals surface area contributed by atoms with E-state index in [0.29, 0.717) is 28.5 Å². The number of carbonyl (C=O) groups is 2. The fraction of sp³-hybridized carbons (Fsp3) is 0.257. The Balaban J connectivity index is 1.44. The molecule has 2 aromatic heterocycles. The van der Waals surface area contributed by atoms with Gasteiger partial charge in [-0.05, 0) is 60.5 Å². The molecule has 15 heteroatoms. The van der Waals surface area contributed by atoms with Gasteiger partial charge in [0.15, 0.2) is 5.82 Å². The van der Waals surface area contributed by atoms with Gasteiger partial charge in [-0.2, -0.15) is 8.78 Å². The highest BCUT2D eigenvalue weighted by atomic mass is 32.2. The molecule has 6 rings (SSSR count). The Labute approximate surface area is 285 Å². The molecule has 0 atom stereocenters. The summed E-state index contributed by atoms with van der Waals surface area (Å²) in [5.74, 6) is -1.31. The number of furan rings is 1. The molecule has 2 amide bonds. The van der Waals surface area contributed by atoms with Crippen LogP contribution in [0.25, 0.3) is 33.4 Å². The number of anilines is 1. The van der Waals surface area contributed by atoms with Crippen LogP contribution < -0.4 is 15.4 Å². The zero-order valence-electron chi connectivity index (χ0n) is 26.9. The van der Waals surface area contributed by atoms with Crippen LogP contribution in [-0.2, 0) is 20.3 Å². The standard InChI is InChI=1S/C35H32F3N5O6S/c1-3-14-50(46,47)43-27-17-28-26(29(32(45)39-2)30(49-28)20-8-10-23(36)11-9-20)16-25(27)21-6-4-7-22(15-21)31(44)42-35(33-40-12-5-13-41-33)18-24(19-35)48-34(37)38/h4-13,15-17,24,34,43H,3,14,18-19H2,1-2H3,(H,39,45)(H,42,44). The first-order valence-electron chi connectivity index (χ1n) is 15.6. The first kappa shape index (κ1) is 34.6. The second kappa shape index (κ2) is 13.9. The van der Waals surface area contributed by atoms with Crippen molar-refractivity contribution >= 4 is 38.5 Å². The number of benzene rings is 3. The molecule has 1 fully saturated rings. The van der Waals surface area contributed by atoms with E-state index in [1.165, 1.54) is 49.8 Å². The Kier molecular flexibility index (Phi) is 9.62. The van der Waals surface area contributed by atoms with Crippen molar-refractivity contribution in [1.82, 2.24) is 20.6 Å². The second-order valence-corrected chi connectivity index (χ2v) is 13.7. The molecule has 2 heterocycles. The predicted molar refractivity (Wildman–Crippen MR) is 179 cm³/mol. The van der Waals surface area contributed by atoms with Gasteiger partial charge in [0, 0.05) is 60.4 Å². The van der Waals surface area contributed by atoms with Crippen LogP contribution in [0.15, 0.2) is 83.5 Å². The highest BCUT2D eigenvalue weighted by Crippen LogP contribution is 2.43. The molecule has 0 bridgehead atoms.